The van der Waals surface area contributed by atoms with Crippen LogP contribution in [0.4, 0.5) is 8.78 Å². The lowest BCUT2D eigenvalue weighted by molar-refractivity contribution is 0.303. The molecule has 2 N–H and O–H groups in total. The van der Waals surface area contributed by atoms with Crippen LogP contribution in [0, 0.1) is 23.0 Å². The molecule has 0 heterocycles. The van der Waals surface area contributed by atoms with Gasteiger partial charge in [0.25, 0.3) is 0 Å². The second-order valence-electron chi connectivity index (χ2n) is 4.26. The van der Waals surface area contributed by atoms with E-state index >= 15 is 0 Å². The maximum absolute atomic E-state index is 13.5. The van der Waals surface area contributed by atoms with Gasteiger partial charge < -0.3 is 14.8 Å². The monoisotopic (exact) mass is 289 g/mol. The van der Waals surface area contributed by atoms with Crippen molar-refractivity contribution in [1.29, 1.82) is 5.26 Å². The molecule has 106 valence electrons. The van der Waals surface area contributed by atoms with Crippen LogP contribution in [0.5, 0.6) is 5.75 Å². The molecule has 0 unspecified atom stereocenters. The average molecular weight is 289 g/mol. The Hall–Kier alpha value is -2.43. The van der Waals surface area contributed by atoms with Crippen molar-refractivity contribution in [1.82, 2.24) is 0 Å². The highest BCUT2D eigenvalue weighted by Crippen LogP contribution is 2.16. The fourth-order valence-corrected chi connectivity index (χ4v) is 1.76. The Morgan fingerprint density at radius 2 is 1.90 bits per heavy atom. The van der Waals surface area contributed by atoms with Crippen LogP contribution < -0.4 is 10.2 Å². The Morgan fingerprint density at radius 1 is 1.14 bits per heavy atom. The zero-order valence-corrected chi connectivity index (χ0v) is 10.8. The number of rotatable bonds is 4. The summed E-state index contributed by atoms with van der Waals surface area (Å²) in [6, 6.07) is 9.08. The lowest BCUT2D eigenvalue weighted by Crippen LogP contribution is -2.32. The molecule has 0 amide bonds. The zero-order valence-electron chi connectivity index (χ0n) is 10.8. The van der Waals surface area contributed by atoms with E-state index in [2.05, 4.69) is 0 Å². The molecule has 4 nitrogen and oxygen atoms in total. The van der Waals surface area contributed by atoms with Gasteiger partial charge in [-0.05, 0) is 24.3 Å². The molecule has 0 saturated carbocycles. The summed E-state index contributed by atoms with van der Waals surface area (Å²) in [4.78, 5) is 0. The molecule has 0 bridgehead atoms. The molecule has 2 rings (SSSR count). The van der Waals surface area contributed by atoms with Crippen molar-refractivity contribution in [3.63, 3.8) is 0 Å². The van der Waals surface area contributed by atoms with Crippen LogP contribution in [0.3, 0.4) is 0 Å². The van der Waals surface area contributed by atoms with Crippen LogP contribution in [0.25, 0.3) is 0 Å². The van der Waals surface area contributed by atoms with Crippen molar-refractivity contribution in [3.8, 4) is 11.8 Å². The van der Waals surface area contributed by atoms with Gasteiger partial charge in [0.1, 0.15) is 24.0 Å². The van der Waals surface area contributed by atoms with Gasteiger partial charge in [-0.3, -0.25) is 0 Å². The lowest BCUT2D eigenvalue weighted by atomic mass is 9.80. The smallest absolute Gasteiger partial charge is 0.489 e. The Bertz CT molecular complexity index is 701. The number of nitriles is 1. The van der Waals surface area contributed by atoms with Gasteiger partial charge in [-0.1, -0.05) is 6.07 Å². The van der Waals surface area contributed by atoms with Gasteiger partial charge in [-0.15, -0.1) is 0 Å². The third-order valence-electron chi connectivity index (χ3n) is 2.83. The van der Waals surface area contributed by atoms with Gasteiger partial charge in [0.15, 0.2) is 0 Å². The van der Waals surface area contributed by atoms with E-state index in [1.54, 1.807) is 0 Å². The quantitative estimate of drug-likeness (QED) is 0.826. The van der Waals surface area contributed by atoms with E-state index in [9.17, 15) is 8.78 Å². The van der Waals surface area contributed by atoms with Crippen molar-refractivity contribution < 1.29 is 23.6 Å². The van der Waals surface area contributed by atoms with Crippen molar-refractivity contribution in [2.45, 2.75) is 6.61 Å². The minimum absolute atomic E-state index is 0.110. The molecule has 0 spiro atoms. The van der Waals surface area contributed by atoms with Crippen LogP contribution in [0.2, 0.25) is 0 Å². The first-order valence-corrected chi connectivity index (χ1v) is 5.98. The molecule has 0 saturated heterocycles. The molecular formula is C14H10BF2NO3. The van der Waals surface area contributed by atoms with Crippen molar-refractivity contribution in [2.24, 2.45) is 0 Å². The summed E-state index contributed by atoms with van der Waals surface area (Å²) in [5.41, 5.74) is 0.328. The average Bonchev–Trinajstić information content (AvgIpc) is 2.45. The molecule has 0 fully saturated rings. The summed E-state index contributed by atoms with van der Waals surface area (Å²) < 4.78 is 31.9. The van der Waals surface area contributed by atoms with Gasteiger partial charge in [-0.2, -0.15) is 5.26 Å². The third-order valence-corrected chi connectivity index (χ3v) is 2.83. The molecule has 2 aromatic rings. The van der Waals surface area contributed by atoms with Crippen LogP contribution in [0.1, 0.15) is 11.1 Å². The Labute approximate surface area is 120 Å². The predicted octanol–water partition coefficient (Wildman–Crippen LogP) is 1.10. The standard InChI is InChI=1S/C14H10BF2NO3/c16-11-2-1-9(7-18)10(5-11)8-21-12-3-4-13(15(19)20)14(17)6-12/h1-6,19-20H,8H2. The maximum atomic E-state index is 13.5. The number of ether oxygens (including phenoxy) is 1. The van der Waals surface area contributed by atoms with E-state index in [4.69, 9.17) is 20.0 Å². The van der Waals surface area contributed by atoms with E-state index in [0.717, 1.165) is 6.07 Å². The highest BCUT2D eigenvalue weighted by molar-refractivity contribution is 6.58. The lowest BCUT2D eigenvalue weighted by Gasteiger charge is -2.09. The van der Waals surface area contributed by atoms with Crippen LogP contribution in [-0.2, 0) is 6.61 Å². The predicted molar refractivity (Wildman–Crippen MR) is 71.7 cm³/mol. The molecule has 0 aliphatic heterocycles. The van der Waals surface area contributed by atoms with E-state index in [1.165, 1.54) is 30.3 Å². The van der Waals surface area contributed by atoms with Gasteiger partial charge >= 0.3 is 7.12 Å². The normalized spacial score (nSPS) is 10.0. The highest BCUT2D eigenvalue weighted by atomic mass is 19.1. The van der Waals surface area contributed by atoms with Crippen LogP contribution in [-0.4, -0.2) is 17.2 Å². The Kier molecular flexibility index (Phi) is 4.53. The van der Waals surface area contributed by atoms with Crippen LogP contribution >= 0.6 is 0 Å². The van der Waals surface area contributed by atoms with Gasteiger partial charge in [-0.25, -0.2) is 8.78 Å². The summed E-state index contributed by atoms with van der Waals surface area (Å²) in [5, 5.41) is 26.7. The molecule has 0 atom stereocenters. The first-order valence-electron chi connectivity index (χ1n) is 5.98. The number of hydrogen-bond donors (Lipinski definition) is 2. The molecule has 0 aliphatic carbocycles. The molecular weight excluding hydrogens is 279 g/mol. The highest BCUT2D eigenvalue weighted by Gasteiger charge is 2.16. The zero-order chi connectivity index (χ0) is 15.4. The molecule has 0 radical (unpaired) electrons. The van der Waals surface area contributed by atoms with Gasteiger partial charge in [0, 0.05) is 17.1 Å². The summed E-state index contributed by atoms with van der Waals surface area (Å²) in [6.45, 7) is -0.110. The number of benzene rings is 2. The van der Waals surface area contributed by atoms with E-state index in [1.807, 2.05) is 6.07 Å². The maximum Gasteiger partial charge on any atom is 0.491 e. The van der Waals surface area contributed by atoms with E-state index in [0.29, 0.717) is 5.56 Å². The second-order valence-corrected chi connectivity index (χ2v) is 4.26. The molecule has 21 heavy (non-hydrogen) atoms. The van der Waals surface area contributed by atoms with E-state index < -0.39 is 18.8 Å². The van der Waals surface area contributed by atoms with Gasteiger partial charge in [0.05, 0.1) is 11.6 Å². The molecule has 0 aliphatic rings. The van der Waals surface area contributed by atoms with Crippen LogP contribution in [0.15, 0.2) is 36.4 Å². The fourth-order valence-electron chi connectivity index (χ4n) is 1.76. The SMILES string of the molecule is N#Cc1ccc(F)cc1COc1ccc(B(O)O)c(F)c1. The second kappa shape index (κ2) is 6.35. The molecule has 2 aromatic carbocycles. The number of nitrogens with zero attached hydrogens (tertiary/aromatic N) is 1. The van der Waals surface area contributed by atoms with Crippen molar-refractivity contribution in [2.75, 3.05) is 0 Å². The first-order chi connectivity index (χ1) is 10.0. The van der Waals surface area contributed by atoms with E-state index in [-0.39, 0.29) is 23.4 Å². The van der Waals surface area contributed by atoms with Gasteiger partial charge in [0.2, 0.25) is 0 Å². The molecule has 7 heteroatoms. The summed E-state index contributed by atoms with van der Waals surface area (Å²) in [7, 11) is -1.91. The minimum Gasteiger partial charge on any atom is -0.489 e. The summed E-state index contributed by atoms with van der Waals surface area (Å²) in [5.74, 6) is -1.20. The fraction of sp³-hybridized carbons (Fsp3) is 0.0714. The largest absolute Gasteiger partial charge is 0.491 e. The topological polar surface area (TPSA) is 73.5 Å². The van der Waals surface area contributed by atoms with Crippen molar-refractivity contribution in [3.05, 3.63) is 59.2 Å². The number of hydrogen-bond acceptors (Lipinski definition) is 4. The Balaban J connectivity index is 2.16. The third kappa shape index (κ3) is 3.57. The molecule has 0 aromatic heterocycles. The number of halogens is 2. The summed E-state index contributed by atoms with van der Waals surface area (Å²) >= 11 is 0. The first kappa shape index (κ1) is 15.0. The Morgan fingerprint density at radius 3 is 2.52 bits per heavy atom. The summed E-state index contributed by atoms with van der Waals surface area (Å²) in [6.07, 6.45) is 0. The minimum atomic E-state index is -1.91. The van der Waals surface area contributed by atoms with Crippen molar-refractivity contribution >= 4 is 12.6 Å².